The van der Waals surface area contributed by atoms with Crippen LogP contribution >= 0.6 is 0 Å². The van der Waals surface area contributed by atoms with E-state index >= 15 is 0 Å². The van der Waals surface area contributed by atoms with E-state index in [1.54, 1.807) is 6.26 Å². The SMILES string of the molecule is CCCNCc1coc(CN(CC(F)(F)F)C2CC2)c1. The molecule has 0 radical (unpaired) electrons. The maximum atomic E-state index is 12.5. The molecule has 0 aliphatic heterocycles. The van der Waals surface area contributed by atoms with Crippen molar-refractivity contribution in [3.63, 3.8) is 0 Å². The summed E-state index contributed by atoms with van der Waals surface area (Å²) >= 11 is 0. The van der Waals surface area contributed by atoms with Gasteiger partial charge in [0, 0.05) is 18.2 Å². The number of furan rings is 1. The number of nitrogens with one attached hydrogen (secondary N) is 1. The monoisotopic (exact) mass is 290 g/mol. The Morgan fingerprint density at radius 2 is 2.15 bits per heavy atom. The fourth-order valence-corrected chi connectivity index (χ4v) is 2.20. The highest BCUT2D eigenvalue weighted by molar-refractivity contribution is 5.13. The van der Waals surface area contributed by atoms with E-state index in [9.17, 15) is 13.2 Å². The highest BCUT2D eigenvalue weighted by Gasteiger charge is 2.38. The molecule has 2 rings (SSSR count). The Morgan fingerprint density at radius 1 is 1.40 bits per heavy atom. The Kier molecular flexibility index (Phi) is 5.10. The van der Waals surface area contributed by atoms with Crippen LogP contribution in [-0.4, -0.2) is 30.2 Å². The predicted molar refractivity (Wildman–Crippen MR) is 70.2 cm³/mol. The molecule has 0 unspecified atom stereocenters. The lowest BCUT2D eigenvalue weighted by molar-refractivity contribution is -0.148. The molecule has 0 bridgehead atoms. The van der Waals surface area contributed by atoms with E-state index in [1.165, 1.54) is 4.90 Å². The van der Waals surface area contributed by atoms with Crippen LogP contribution in [-0.2, 0) is 13.1 Å². The second-order valence-corrected chi connectivity index (χ2v) is 5.35. The molecule has 1 N–H and O–H groups in total. The number of hydrogen-bond donors (Lipinski definition) is 1. The molecule has 20 heavy (non-hydrogen) atoms. The molecule has 0 spiro atoms. The summed E-state index contributed by atoms with van der Waals surface area (Å²) in [6, 6.07) is 1.90. The lowest BCUT2D eigenvalue weighted by atomic mass is 10.3. The van der Waals surface area contributed by atoms with Crippen molar-refractivity contribution in [3.8, 4) is 0 Å². The standard InChI is InChI=1S/C14H21F3N2O/c1-2-5-18-7-11-6-13(20-9-11)8-19(12-3-4-12)10-14(15,16)17/h6,9,12,18H,2-5,7-8,10H2,1H3. The van der Waals surface area contributed by atoms with E-state index in [1.807, 2.05) is 6.07 Å². The minimum atomic E-state index is -4.15. The molecular weight excluding hydrogens is 269 g/mol. The van der Waals surface area contributed by atoms with Crippen LogP contribution < -0.4 is 5.32 Å². The van der Waals surface area contributed by atoms with E-state index < -0.39 is 12.7 Å². The molecule has 0 aromatic carbocycles. The molecule has 1 saturated carbocycles. The maximum absolute atomic E-state index is 12.5. The first-order valence-electron chi connectivity index (χ1n) is 7.05. The third kappa shape index (κ3) is 5.17. The summed E-state index contributed by atoms with van der Waals surface area (Å²) in [6.45, 7) is 3.07. The van der Waals surface area contributed by atoms with Gasteiger partial charge in [-0.2, -0.15) is 13.2 Å². The third-order valence-corrected chi connectivity index (χ3v) is 3.27. The van der Waals surface area contributed by atoms with Gasteiger partial charge in [-0.3, -0.25) is 4.90 Å². The van der Waals surface area contributed by atoms with Crippen LogP contribution in [0.3, 0.4) is 0 Å². The van der Waals surface area contributed by atoms with Gasteiger partial charge in [0.15, 0.2) is 0 Å². The van der Waals surface area contributed by atoms with Gasteiger partial charge >= 0.3 is 6.18 Å². The van der Waals surface area contributed by atoms with Gasteiger partial charge < -0.3 is 9.73 Å². The lowest BCUT2D eigenvalue weighted by Gasteiger charge is -2.22. The van der Waals surface area contributed by atoms with E-state index in [0.717, 1.165) is 31.4 Å². The summed E-state index contributed by atoms with van der Waals surface area (Å²) in [5, 5.41) is 3.24. The Bertz CT molecular complexity index is 413. The molecule has 3 nitrogen and oxygen atoms in total. The fourth-order valence-electron chi connectivity index (χ4n) is 2.20. The van der Waals surface area contributed by atoms with Crippen LogP contribution in [0.1, 0.15) is 37.5 Å². The molecule has 0 amide bonds. The smallest absolute Gasteiger partial charge is 0.401 e. The van der Waals surface area contributed by atoms with Crippen LogP contribution in [0, 0.1) is 0 Å². The molecule has 1 aromatic rings. The zero-order valence-corrected chi connectivity index (χ0v) is 11.7. The van der Waals surface area contributed by atoms with Crippen LogP contribution in [0.15, 0.2) is 16.7 Å². The van der Waals surface area contributed by atoms with Crippen molar-refractivity contribution in [2.75, 3.05) is 13.1 Å². The summed E-state index contributed by atoms with van der Waals surface area (Å²) in [5.74, 6) is 0.606. The second kappa shape index (κ2) is 6.63. The summed E-state index contributed by atoms with van der Waals surface area (Å²) < 4.78 is 42.9. The number of rotatable bonds is 8. The van der Waals surface area contributed by atoms with Crippen LogP contribution in [0.5, 0.6) is 0 Å². The minimum Gasteiger partial charge on any atom is -0.468 e. The van der Waals surface area contributed by atoms with Crippen molar-refractivity contribution in [2.24, 2.45) is 0 Å². The van der Waals surface area contributed by atoms with Crippen molar-refractivity contribution in [1.82, 2.24) is 10.2 Å². The molecule has 1 fully saturated rings. The maximum Gasteiger partial charge on any atom is 0.401 e. The highest BCUT2D eigenvalue weighted by atomic mass is 19.4. The second-order valence-electron chi connectivity index (χ2n) is 5.35. The van der Waals surface area contributed by atoms with Gasteiger partial charge in [0.05, 0.1) is 19.4 Å². The van der Waals surface area contributed by atoms with Crippen molar-refractivity contribution < 1.29 is 17.6 Å². The first-order valence-corrected chi connectivity index (χ1v) is 7.05. The van der Waals surface area contributed by atoms with Crippen molar-refractivity contribution in [1.29, 1.82) is 0 Å². The van der Waals surface area contributed by atoms with Gasteiger partial charge in [-0.25, -0.2) is 0 Å². The fraction of sp³-hybridized carbons (Fsp3) is 0.714. The summed E-state index contributed by atoms with van der Waals surface area (Å²) in [6.07, 6.45) is 0.215. The third-order valence-electron chi connectivity index (χ3n) is 3.27. The van der Waals surface area contributed by atoms with E-state index in [2.05, 4.69) is 12.2 Å². The molecule has 6 heteroatoms. The first-order chi connectivity index (χ1) is 9.48. The molecule has 1 aromatic heterocycles. The van der Waals surface area contributed by atoms with E-state index in [4.69, 9.17) is 4.42 Å². The van der Waals surface area contributed by atoms with Crippen molar-refractivity contribution in [2.45, 2.75) is 51.5 Å². The van der Waals surface area contributed by atoms with E-state index in [-0.39, 0.29) is 12.6 Å². The van der Waals surface area contributed by atoms with Crippen molar-refractivity contribution >= 4 is 0 Å². The number of hydrogen-bond acceptors (Lipinski definition) is 3. The molecule has 0 atom stereocenters. The molecule has 0 saturated heterocycles. The van der Waals surface area contributed by atoms with Gasteiger partial charge in [-0.1, -0.05) is 6.92 Å². The molecule has 1 aliphatic carbocycles. The summed E-state index contributed by atoms with van der Waals surface area (Å²) in [4.78, 5) is 1.46. The first kappa shape index (κ1) is 15.4. The quantitative estimate of drug-likeness (QED) is 0.745. The van der Waals surface area contributed by atoms with Crippen LogP contribution in [0.4, 0.5) is 13.2 Å². The van der Waals surface area contributed by atoms with Gasteiger partial charge in [0.1, 0.15) is 5.76 Å². The average Bonchev–Trinajstić information content (AvgIpc) is 3.10. The van der Waals surface area contributed by atoms with Gasteiger partial charge in [0.2, 0.25) is 0 Å². The predicted octanol–water partition coefficient (Wildman–Crippen LogP) is 3.31. The topological polar surface area (TPSA) is 28.4 Å². The summed E-state index contributed by atoms with van der Waals surface area (Å²) in [5.41, 5.74) is 0.983. The Morgan fingerprint density at radius 3 is 2.75 bits per heavy atom. The summed E-state index contributed by atoms with van der Waals surface area (Å²) in [7, 11) is 0. The van der Waals surface area contributed by atoms with Gasteiger partial charge in [-0.05, 0) is 31.9 Å². The van der Waals surface area contributed by atoms with Crippen LogP contribution in [0.2, 0.25) is 0 Å². The number of nitrogens with zero attached hydrogens (tertiary/aromatic N) is 1. The van der Waals surface area contributed by atoms with Crippen LogP contribution in [0.25, 0.3) is 0 Å². The lowest BCUT2D eigenvalue weighted by Crippen LogP contribution is -2.35. The average molecular weight is 290 g/mol. The van der Waals surface area contributed by atoms with Crippen molar-refractivity contribution in [3.05, 3.63) is 23.7 Å². The Labute approximate surface area is 117 Å². The van der Waals surface area contributed by atoms with E-state index in [0.29, 0.717) is 12.3 Å². The van der Waals surface area contributed by atoms with Gasteiger partial charge in [0.25, 0.3) is 0 Å². The number of halogens is 3. The number of alkyl halides is 3. The highest BCUT2D eigenvalue weighted by Crippen LogP contribution is 2.31. The molecular formula is C14H21F3N2O. The largest absolute Gasteiger partial charge is 0.468 e. The Hall–Kier alpha value is -1.01. The molecule has 1 aliphatic rings. The van der Waals surface area contributed by atoms with Gasteiger partial charge in [-0.15, -0.1) is 0 Å². The zero-order chi connectivity index (χ0) is 14.6. The zero-order valence-electron chi connectivity index (χ0n) is 11.7. The molecule has 1 heterocycles. The molecule has 114 valence electrons. The Balaban J connectivity index is 1.87. The normalized spacial score (nSPS) is 16.1. The minimum absolute atomic E-state index is 0.0587.